The van der Waals surface area contributed by atoms with Crippen LogP contribution in [0.3, 0.4) is 0 Å². The van der Waals surface area contributed by atoms with Gasteiger partial charge in [-0.1, -0.05) is 12.1 Å². The molecule has 2 N–H and O–H groups in total. The molecule has 0 bridgehead atoms. The first-order valence-electron chi connectivity index (χ1n) is 7.66. The molecule has 0 saturated carbocycles. The van der Waals surface area contributed by atoms with Gasteiger partial charge in [0.05, 0.1) is 23.9 Å². The number of benzene rings is 1. The minimum absolute atomic E-state index is 0.100. The molecule has 124 valence electrons. The molecule has 3 aromatic rings. The third kappa shape index (κ3) is 3.99. The van der Waals surface area contributed by atoms with Gasteiger partial charge in [-0.25, -0.2) is 14.8 Å². The highest BCUT2D eigenvalue weighted by Gasteiger charge is 2.10. The molecule has 0 aliphatic rings. The fourth-order valence-electron chi connectivity index (χ4n) is 2.35. The number of hydrogen-bond acceptors (Lipinski definition) is 4. The fourth-order valence-corrected chi connectivity index (χ4v) is 3.09. The first kappa shape index (κ1) is 16.2. The lowest BCUT2D eigenvalue weighted by Gasteiger charge is -2.16. The SMILES string of the molecule is Cc1ncc(CNC(=O)NC(C)c2cccc(-n3ccnc3)c2)s1. The Balaban J connectivity index is 1.59. The highest BCUT2D eigenvalue weighted by Crippen LogP contribution is 2.17. The smallest absolute Gasteiger partial charge is 0.315 e. The van der Waals surface area contributed by atoms with Crippen molar-refractivity contribution in [3.8, 4) is 5.69 Å². The number of aryl methyl sites for hydroxylation is 1. The third-order valence-electron chi connectivity index (χ3n) is 3.61. The Bertz CT molecular complexity index is 812. The summed E-state index contributed by atoms with van der Waals surface area (Å²) < 4.78 is 1.93. The van der Waals surface area contributed by atoms with E-state index in [1.807, 2.05) is 48.9 Å². The minimum Gasteiger partial charge on any atom is -0.333 e. The van der Waals surface area contributed by atoms with E-state index in [1.54, 1.807) is 30.1 Å². The molecule has 24 heavy (non-hydrogen) atoms. The number of nitrogens with zero attached hydrogens (tertiary/aromatic N) is 3. The van der Waals surface area contributed by atoms with Crippen LogP contribution in [0.15, 0.2) is 49.2 Å². The zero-order chi connectivity index (χ0) is 16.9. The van der Waals surface area contributed by atoms with E-state index in [9.17, 15) is 4.79 Å². The van der Waals surface area contributed by atoms with Gasteiger partial charge in [-0.05, 0) is 31.5 Å². The van der Waals surface area contributed by atoms with Crippen molar-refractivity contribution in [3.63, 3.8) is 0 Å². The molecule has 2 amide bonds. The maximum Gasteiger partial charge on any atom is 0.315 e. The van der Waals surface area contributed by atoms with Crippen LogP contribution in [0.1, 0.15) is 28.4 Å². The van der Waals surface area contributed by atoms with Gasteiger partial charge in [0, 0.05) is 29.2 Å². The monoisotopic (exact) mass is 341 g/mol. The Labute approximate surface area is 144 Å². The second-order valence-electron chi connectivity index (χ2n) is 5.46. The van der Waals surface area contributed by atoms with Gasteiger partial charge < -0.3 is 15.2 Å². The van der Waals surface area contributed by atoms with Gasteiger partial charge in [0.2, 0.25) is 0 Å². The number of urea groups is 1. The molecule has 7 heteroatoms. The zero-order valence-corrected chi connectivity index (χ0v) is 14.4. The molecule has 0 spiro atoms. The molecule has 0 fully saturated rings. The van der Waals surface area contributed by atoms with Gasteiger partial charge in [0.25, 0.3) is 0 Å². The van der Waals surface area contributed by atoms with Crippen LogP contribution in [0.5, 0.6) is 0 Å². The largest absolute Gasteiger partial charge is 0.333 e. The second kappa shape index (κ2) is 7.27. The molecule has 1 aromatic carbocycles. The summed E-state index contributed by atoms with van der Waals surface area (Å²) in [6, 6.07) is 7.72. The normalized spacial score (nSPS) is 11.9. The van der Waals surface area contributed by atoms with Crippen molar-refractivity contribution >= 4 is 17.4 Å². The van der Waals surface area contributed by atoms with Crippen molar-refractivity contribution in [2.75, 3.05) is 0 Å². The Morgan fingerprint density at radius 1 is 1.42 bits per heavy atom. The number of rotatable bonds is 5. The molecule has 0 saturated heterocycles. The molecule has 6 nitrogen and oxygen atoms in total. The summed E-state index contributed by atoms with van der Waals surface area (Å²) >= 11 is 1.58. The predicted octanol–water partition coefficient (Wildman–Crippen LogP) is 3.20. The average Bonchev–Trinajstić information content (AvgIpc) is 3.24. The van der Waals surface area contributed by atoms with E-state index in [1.165, 1.54) is 0 Å². The summed E-state index contributed by atoms with van der Waals surface area (Å²) in [7, 11) is 0. The summed E-state index contributed by atoms with van der Waals surface area (Å²) in [5.74, 6) is 0. The molecular formula is C17H19N5OS. The van der Waals surface area contributed by atoms with Gasteiger partial charge >= 0.3 is 6.03 Å². The maximum atomic E-state index is 12.1. The van der Waals surface area contributed by atoms with Crippen molar-refractivity contribution in [2.45, 2.75) is 26.4 Å². The van der Waals surface area contributed by atoms with Crippen LogP contribution in [-0.2, 0) is 6.54 Å². The second-order valence-corrected chi connectivity index (χ2v) is 6.78. The Morgan fingerprint density at radius 3 is 3.00 bits per heavy atom. The highest BCUT2D eigenvalue weighted by molar-refractivity contribution is 7.11. The number of carbonyl (C=O) groups excluding carboxylic acids is 1. The van der Waals surface area contributed by atoms with Crippen LogP contribution < -0.4 is 10.6 Å². The highest BCUT2D eigenvalue weighted by atomic mass is 32.1. The number of hydrogen-bond donors (Lipinski definition) is 2. The zero-order valence-electron chi connectivity index (χ0n) is 13.6. The molecule has 3 rings (SSSR count). The summed E-state index contributed by atoms with van der Waals surface area (Å²) in [5.41, 5.74) is 2.05. The van der Waals surface area contributed by atoms with E-state index in [0.717, 1.165) is 21.1 Å². The van der Waals surface area contributed by atoms with E-state index in [2.05, 4.69) is 20.6 Å². The van der Waals surface area contributed by atoms with Crippen molar-refractivity contribution in [2.24, 2.45) is 0 Å². The van der Waals surface area contributed by atoms with Crippen LogP contribution in [-0.4, -0.2) is 20.6 Å². The fraction of sp³-hybridized carbons (Fsp3) is 0.235. The molecule has 0 radical (unpaired) electrons. The van der Waals surface area contributed by atoms with Crippen molar-refractivity contribution in [3.05, 3.63) is 64.6 Å². The number of aromatic nitrogens is 3. The predicted molar refractivity (Wildman–Crippen MR) is 94.2 cm³/mol. The quantitative estimate of drug-likeness (QED) is 0.748. The third-order valence-corrected chi connectivity index (χ3v) is 4.53. The topological polar surface area (TPSA) is 71.8 Å². The van der Waals surface area contributed by atoms with Crippen LogP contribution in [0, 0.1) is 6.92 Å². The summed E-state index contributed by atoms with van der Waals surface area (Å²) in [6.07, 6.45) is 7.17. The lowest BCUT2D eigenvalue weighted by Crippen LogP contribution is -2.36. The number of carbonyl (C=O) groups is 1. The summed E-state index contributed by atoms with van der Waals surface area (Å²) in [4.78, 5) is 21.3. The van der Waals surface area contributed by atoms with Gasteiger partial charge in [0.1, 0.15) is 0 Å². The van der Waals surface area contributed by atoms with E-state index in [-0.39, 0.29) is 12.1 Å². The van der Waals surface area contributed by atoms with E-state index in [0.29, 0.717) is 6.54 Å². The minimum atomic E-state index is -0.193. The molecule has 0 aliphatic heterocycles. The average molecular weight is 341 g/mol. The number of amides is 2. The van der Waals surface area contributed by atoms with Crippen molar-refractivity contribution in [1.29, 1.82) is 0 Å². The van der Waals surface area contributed by atoms with Crippen molar-refractivity contribution in [1.82, 2.24) is 25.2 Å². The van der Waals surface area contributed by atoms with E-state index in [4.69, 9.17) is 0 Å². The Morgan fingerprint density at radius 2 is 2.29 bits per heavy atom. The first-order valence-corrected chi connectivity index (χ1v) is 8.47. The van der Waals surface area contributed by atoms with Gasteiger partial charge in [-0.15, -0.1) is 11.3 Å². The Kier molecular flexibility index (Phi) is 4.90. The standard InChI is InChI=1S/C17H19N5OS/c1-12(21-17(23)20-10-16-9-19-13(2)24-16)14-4-3-5-15(8-14)22-7-6-18-11-22/h3-9,11-12H,10H2,1-2H3,(H2,20,21,23). The maximum absolute atomic E-state index is 12.1. The molecule has 2 aromatic heterocycles. The van der Waals surface area contributed by atoms with Crippen LogP contribution >= 0.6 is 11.3 Å². The lowest BCUT2D eigenvalue weighted by atomic mass is 10.1. The molecular weight excluding hydrogens is 322 g/mol. The molecule has 1 atom stereocenters. The van der Waals surface area contributed by atoms with E-state index >= 15 is 0 Å². The first-order chi connectivity index (χ1) is 11.6. The van der Waals surface area contributed by atoms with Gasteiger partial charge in [-0.3, -0.25) is 0 Å². The van der Waals surface area contributed by atoms with Crippen LogP contribution in [0.2, 0.25) is 0 Å². The Hall–Kier alpha value is -2.67. The number of imidazole rings is 1. The molecule has 1 unspecified atom stereocenters. The summed E-state index contributed by atoms with van der Waals surface area (Å²) in [5, 5.41) is 6.81. The van der Waals surface area contributed by atoms with Crippen molar-refractivity contribution < 1.29 is 4.79 Å². The summed E-state index contributed by atoms with van der Waals surface area (Å²) in [6.45, 7) is 4.39. The molecule has 0 aliphatic carbocycles. The number of nitrogens with one attached hydrogen (secondary N) is 2. The van der Waals surface area contributed by atoms with Gasteiger partial charge in [-0.2, -0.15) is 0 Å². The van der Waals surface area contributed by atoms with E-state index < -0.39 is 0 Å². The van der Waals surface area contributed by atoms with Crippen LogP contribution in [0.4, 0.5) is 4.79 Å². The molecule has 2 heterocycles. The lowest BCUT2D eigenvalue weighted by molar-refractivity contribution is 0.237. The van der Waals surface area contributed by atoms with Crippen LogP contribution in [0.25, 0.3) is 5.69 Å². The number of thiazole rings is 1. The van der Waals surface area contributed by atoms with Gasteiger partial charge in [0.15, 0.2) is 0 Å².